The van der Waals surface area contributed by atoms with Crippen LogP contribution in [0.5, 0.6) is 0 Å². The Morgan fingerprint density at radius 2 is 2.36 bits per heavy atom. The molecule has 14 heavy (non-hydrogen) atoms. The van der Waals surface area contributed by atoms with Gasteiger partial charge in [0.1, 0.15) is 5.83 Å². The smallest absolute Gasteiger partial charge is 0.107 e. The van der Waals surface area contributed by atoms with E-state index in [4.69, 9.17) is 10.00 Å². The van der Waals surface area contributed by atoms with E-state index < -0.39 is 0 Å². The molecular formula is C11H14FNO. The van der Waals surface area contributed by atoms with Crippen molar-refractivity contribution in [2.45, 2.75) is 32.8 Å². The van der Waals surface area contributed by atoms with Crippen molar-refractivity contribution in [2.75, 3.05) is 6.61 Å². The van der Waals surface area contributed by atoms with Crippen LogP contribution in [-0.4, -0.2) is 12.7 Å². The molecule has 0 saturated heterocycles. The van der Waals surface area contributed by atoms with Gasteiger partial charge in [0.15, 0.2) is 0 Å². The van der Waals surface area contributed by atoms with Crippen LogP contribution in [0.3, 0.4) is 0 Å². The Labute approximate surface area is 83.7 Å². The number of halogens is 1. The second-order valence-electron chi connectivity index (χ2n) is 3.51. The summed E-state index contributed by atoms with van der Waals surface area (Å²) >= 11 is 0. The highest BCUT2D eigenvalue weighted by Crippen LogP contribution is 2.26. The Hall–Kier alpha value is -1.14. The van der Waals surface area contributed by atoms with Crippen molar-refractivity contribution in [3.8, 4) is 6.07 Å². The summed E-state index contributed by atoms with van der Waals surface area (Å²) in [6.45, 7) is 3.97. The second-order valence-corrected chi connectivity index (χ2v) is 3.51. The standard InChI is InChI=1S/C11H14FNO/c1-8(2)14-7-10-9(6-13)4-3-5-11(10)12/h4,8H,3,5,7H2,1-2H3. The third-order valence-electron chi connectivity index (χ3n) is 2.05. The third kappa shape index (κ3) is 2.68. The first-order chi connectivity index (χ1) is 6.65. The number of hydrogen-bond acceptors (Lipinski definition) is 2. The Bertz CT molecular complexity index is 310. The Morgan fingerprint density at radius 1 is 1.64 bits per heavy atom. The topological polar surface area (TPSA) is 33.0 Å². The molecule has 1 aliphatic rings. The minimum atomic E-state index is -0.204. The van der Waals surface area contributed by atoms with E-state index in [1.54, 1.807) is 6.08 Å². The van der Waals surface area contributed by atoms with Crippen LogP contribution in [0, 0.1) is 11.3 Å². The zero-order valence-electron chi connectivity index (χ0n) is 8.51. The summed E-state index contributed by atoms with van der Waals surface area (Å²) in [4.78, 5) is 0. The first kappa shape index (κ1) is 10.9. The van der Waals surface area contributed by atoms with Gasteiger partial charge >= 0.3 is 0 Å². The fourth-order valence-electron chi connectivity index (χ4n) is 1.28. The number of nitriles is 1. The van der Waals surface area contributed by atoms with E-state index in [9.17, 15) is 4.39 Å². The molecule has 0 atom stereocenters. The van der Waals surface area contributed by atoms with Crippen molar-refractivity contribution in [3.63, 3.8) is 0 Å². The molecular weight excluding hydrogens is 181 g/mol. The fraction of sp³-hybridized carbons (Fsp3) is 0.545. The number of allylic oxidation sites excluding steroid dienone is 2. The van der Waals surface area contributed by atoms with Crippen LogP contribution >= 0.6 is 0 Å². The van der Waals surface area contributed by atoms with Gasteiger partial charge in [0, 0.05) is 12.0 Å². The van der Waals surface area contributed by atoms with E-state index in [1.807, 2.05) is 19.9 Å². The molecule has 1 rings (SSSR count). The molecule has 0 saturated carbocycles. The van der Waals surface area contributed by atoms with Crippen LogP contribution in [0.25, 0.3) is 0 Å². The van der Waals surface area contributed by atoms with E-state index in [0.717, 1.165) is 0 Å². The van der Waals surface area contributed by atoms with Gasteiger partial charge in [-0.1, -0.05) is 6.08 Å². The summed E-state index contributed by atoms with van der Waals surface area (Å²) in [5.41, 5.74) is 0.849. The predicted molar refractivity (Wildman–Crippen MR) is 52.2 cm³/mol. The van der Waals surface area contributed by atoms with Gasteiger partial charge in [-0.25, -0.2) is 4.39 Å². The number of rotatable bonds is 3. The first-order valence-electron chi connectivity index (χ1n) is 4.75. The third-order valence-corrected chi connectivity index (χ3v) is 2.05. The highest BCUT2D eigenvalue weighted by atomic mass is 19.1. The predicted octanol–water partition coefficient (Wildman–Crippen LogP) is 2.88. The molecule has 0 fully saturated rings. The summed E-state index contributed by atoms with van der Waals surface area (Å²) in [5, 5.41) is 8.77. The molecule has 0 radical (unpaired) electrons. The van der Waals surface area contributed by atoms with Crippen molar-refractivity contribution in [3.05, 3.63) is 23.0 Å². The van der Waals surface area contributed by atoms with Crippen molar-refractivity contribution in [2.24, 2.45) is 0 Å². The Morgan fingerprint density at radius 3 is 2.93 bits per heavy atom. The van der Waals surface area contributed by atoms with Gasteiger partial charge in [-0.15, -0.1) is 0 Å². The van der Waals surface area contributed by atoms with Crippen molar-refractivity contribution >= 4 is 0 Å². The highest BCUT2D eigenvalue weighted by Gasteiger charge is 2.16. The summed E-state index contributed by atoms with van der Waals surface area (Å²) in [5.74, 6) is -0.204. The summed E-state index contributed by atoms with van der Waals surface area (Å²) < 4.78 is 18.6. The Balaban J connectivity index is 2.72. The normalized spacial score (nSPS) is 16.9. The monoisotopic (exact) mass is 195 g/mol. The van der Waals surface area contributed by atoms with Gasteiger partial charge in [-0.2, -0.15) is 5.26 Å². The maximum absolute atomic E-state index is 13.3. The minimum absolute atomic E-state index is 0.0529. The number of nitrogens with zero attached hydrogens (tertiary/aromatic N) is 1. The molecule has 0 bridgehead atoms. The van der Waals surface area contributed by atoms with Crippen LogP contribution in [0.15, 0.2) is 23.0 Å². The minimum Gasteiger partial charge on any atom is -0.374 e. The van der Waals surface area contributed by atoms with Gasteiger partial charge < -0.3 is 4.74 Å². The molecule has 0 aromatic heterocycles. The van der Waals surface area contributed by atoms with Gasteiger partial charge in [0.25, 0.3) is 0 Å². The average Bonchev–Trinajstić information content (AvgIpc) is 2.15. The summed E-state index contributed by atoms with van der Waals surface area (Å²) in [6, 6.07) is 1.99. The van der Waals surface area contributed by atoms with Gasteiger partial charge in [-0.3, -0.25) is 0 Å². The van der Waals surface area contributed by atoms with Crippen molar-refractivity contribution in [1.29, 1.82) is 5.26 Å². The second kappa shape index (κ2) is 4.92. The molecule has 0 heterocycles. The lowest BCUT2D eigenvalue weighted by Crippen LogP contribution is -2.10. The molecule has 1 aliphatic carbocycles. The lowest BCUT2D eigenvalue weighted by molar-refractivity contribution is 0.0969. The molecule has 0 aromatic carbocycles. The molecule has 0 aromatic rings. The molecule has 3 heteroatoms. The van der Waals surface area contributed by atoms with Crippen LogP contribution in [0.2, 0.25) is 0 Å². The molecule has 0 N–H and O–H groups in total. The molecule has 0 unspecified atom stereocenters. The van der Waals surface area contributed by atoms with Gasteiger partial charge in [0.2, 0.25) is 0 Å². The average molecular weight is 195 g/mol. The molecule has 0 amide bonds. The quantitative estimate of drug-likeness (QED) is 0.693. The van der Waals surface area contributed by atoms with E-state index in [0.29, 0.717) is 24.0 Å². The Kier molecular flexibility index (Phi) is 3.84. The van der Waals surface area contributed by atoms with Gasteiger partial charge in [0.05, 0.1) is 24.4 Å². The van der Waals surface area contributed by atoms with Crippen molar-refractivity contribution in [1.82, 2.24) is 0 Å². The number of hydrogen-bond donors (Lipinski definition) is 0. The summed E-state index contributed by atoms with van der Waals surface area (Å²) in [6.07, 6.45) is 2.82. The lowest BCUT2D eigenvalue weighted by atomic mass is 9.98. The molecule has 0 spiro atoms. The molecule has 76 valence electrons. The van der Waals surface area contributed by atoms with Crippen LogP contribution in [0.4, 0.5) is 4.39 Å². The number of ether oxygens (including phenoxy) is 1. The lowest BCUT2D eigenvalue weighted by Gasteiger charge is -2.14. The maximum Gasteiger partial charge on any atom is 0.107 e. The highest BCUT2D eigenvalue weighted by molar-refractivity contribution is 5.45. The van der Waals surface area contributed by atoms with E-state index >= 15 is 0 Å². The van der Waals surface area contributed by atoms with E-state index in [2.05, 4.69) is 0 Å². The zero-order valence-corrected chi connectivity index (χ0v) is 8.51. The maximum atomic E-state index is 13.3. The van der Waals surface area contributed by atoms with Crippen molar-refractivity contribution < 1.29 is 9.13 Å². The SMILES string of the molecule is CC(C)OCC1=C(F)CCC=C1C#N. The molecule has 2 nitrogen and oxygen atoms in total. The van der Waals surface area contributed by atoms with Crippen LogP contribution < -0.4 is 0 Å². The fourth-order valence-corrected chi connectivity index (χ4v) is 1.28. The largest absolute Gasteiger partial charge is 0.374 e. The zero-order chi connectivity index (χ0) is 10.6. The van der Waals surface area contributed by atoms with Crippen LogP contribution in [0.1, 0.15) is 26.7 Å². The molecule has 0 aliphatic heterocycles. The van der Waals surface area contributed by atoms with E-state index in [1.165, 1.54) is 0 Å². The van der Waals surface area contributed by atoms with E-state index in [-0.39, 0.29) is 18.5 Å². The first-order valence-corrected chi connectivity index (χ1v) is 4.75. The van der Waals surface area contributed by atoms with Gasteiger partial charge in [-0.05, 0) is 20.3 Å². The van der Waals surface area contributed by atoms with Crippen LogP contribution in [-0.2, 0) is 4.74 Å². The summed E-state index contributed by atoms with van der Waals surface area (Å²) in [7, 11) is 0.